The van der Waals surface area contributed by atoms with E-state index >= 15 is 0 Å². The Kier molecular flexibility index (Phi) is 8.20. The molecule has 4 aliphatic rings. The Bertz CT molecular complexity index is 2010. The molecule has 3 fully saturated rings. The number of alkyl halides is 3. The zero-order chi connectivity index (χ0) is 36.0. The third-order valence-electron chi connectivity index (χ3n) is 10.6. The van der Waals surface area contributed by atoms with Gasteiger partial charge in [0.2, 0.25) is 11.8 Å². The van der Waals surface area contributed by atoms with E-state index in [4.69, 9.17) is 16.3 Å². The second-order valence-electron chi connectivity index (χ2n) is 13.1. The molecule has 15 heteroatoms. The number of hydrogen-bond donors (Lipinski definition) is 1. The van der Waals surface area contributed by atoms with Crippen LogP contribution in [0.25, 0.3) is 0 Å². The van der Waals surface area contributed by atoms with Crippen molar-refractivity contribution in [2.24, 2.45) is 29.1 Å². The third kappa shape index (κ3) is 4.92. The molecule has 10 nitrogen and oxygen atoms in total. The van der Waals surface area contributed by atoms with Gasteiger partial charge in [0.15, 0.2) is 17.3 Å². The van der Waals surface area contributed by atoms with Gasteiger partial charge < -0.3 is 9.84 Å². The Morgan fingerprint density at radius 1 is 1.04 bits per heavy atom. The van der Waals surface area contributed by atoms with Gasteiger partial charge in [-0.25, -0.2) is 9.88 Å². The summed E-state index contributed by atoms with van der Waals surface area (Å²) in [6, 6.07) is 13.6. The number of fused-ring (bicyclic) bond motifs is 4. The molecule has 0 spiro atoms. The number of hydrazine groups is 1. The molecule has 2 aliphatic heterocycles. The van der Waals surface area contributed by atoms with Crippen molar-refractivity contribution in [1.29, 1.82) is 0 Å². The second kappa shape index (κ2) is 12.0. The maximum absolute atomic E-state index is 14.6. The van der Waals surface area contributed by atoms with E-state index in [1.807, 2.05) is 28.7 Å². The van der Waals surface area contributed by atoms with Crippen molar-refractivity contribution in [3.8, 4) is 11.5 Å². The summed E-state index contributed by atoms with van der Waals surface area (Å²) in [7, 11) is 2.65. The first-order chi connectivity index (χ1) is 23.6. The number of carbonyl (C=O) groups excluding carboxylic acids is 4. The fraction of sp³-hybridized carbons (Fsp3) is 0.343. The van der Waals surface area contributed by atoms with Gasteiger partial charge in [-0.1, -0.05) is 41.4 Å². The zero-order valence-electron chi connectivity index (χ0n) is 26.7. The zero-order valence-corrected chi connectivity index (χ0v) is 29.7. The van der Waals surface area contributed by atoms with Gasteiger partial charge in [-0.2, -0.15) is 18.2 Å². The number of carbonyl (C=O) groups is 4. The average Bonchev–Trinajstić information content (AvgIpc) is 3.45. The number of para-hydroxylation sites is 1. The number of anilines is 2. The lowest BCUT2D eigenvalue weighted by atomic mass is 9.51. The molecule has 0 bridgehead atoms. The summed E-state index contributed by atoms with van der Waals surface area (Å²) in [4.78, 5) is 62.1. The first-order valence-corrected chi connectivity index (χ1v) is 17.1. The number of methoxy groups -OCH3 is 1. The van der Waals surface area contributed by atoms with Gasteiger partial charge in [0.25, 0.3) is 11.8 Å². The van der Waals surface area contributed by atoms with Crippen molar-refractivity contribution in [2.75, 3.05) is 24.1 Å². The quantitative estimate of drug-likeness (QED) is 0.180. The second-order valence-corrected chi connectivity index (χ2v) is 14.6. The Balaban J connectivity index is 1.34. The molecule has 3 aromatic rings. The highest BCUT2D eigenvalue weighted by atomic mass is 127. The maximum atomic E-state index is 14.6. The minimum Gasteiger partial charge on any atom is -0.504 e. The predicted octanol–water partition coefficient (Wildman–Crippen LogP) is 6.35. The lowest BCUT2D eigenvalue weighted by Crippen LogP contribution is -2.49. The number of ether oxygens (including phenoxy) is 1. The lowest BCUT2D eigenvalue weighted by molar-refractivity contribution is -0.141. The molecular weight excluding hydrogens is 792 g/mol. The summed E-state index contributed by atoms with van der Waals surface area (Å²) in [5.41, 5.74) is -0.914. The molecule has 1 aromatic heterocycles. The molecule has 6 atom stereocenters. The van der Waals surface area contributed by atoms with Crippen LogP contribution in [0.3, 0.4) is 0 Å². The molecular formula is C35H29ClF3IN4O6. The van der Waals surface area contributed by atoms with E-state index < -0.39 is 76.3 Å². The number of aromatic nitrogens is 1. The predicted molar refractivity (Wildman–Crippen MR) is 183 cm³/mol. The number of halogens is 5. The third-order valence-corrected chi connectivity index (χ3v) is 11.7. The van der Waals surface area contributed by atoms with Gasteiger partial charge in [-0.15, -0.1) is 0 Å². The minimum atomic E-state index is -4.80. The minimum absolute atomic E-state index is 0.0688. The number of pyridine rings is 1. The largest absolute Gasteiger partial charge is 0.504 e. The lowest BCUT2D eigenvalue weighted by Gasteiger charge is -2.49. The van der Waals surface area contributed by atoms with Crippen molar-refractivity contribution < 1.29 is 42.2 Å². The van der Waals surface area contributed by atoms with Crippen molar-refractivity contribution in [3.63, 3.8) is 0 Å². The van der Waals surface area contributed by atoms with E-state index in [-0.39, 0.29) is 29.4 Å². The number of imide groups is 2. The van der Waals surface area contributed by atoms with Crippen molar-refractivity contribution >= 4 is 69.3 Å². The van der Waals surface area contributed by atoms with Crippen LogP contribution in [-0.2, 0) is 25.4 Å². The van der Waals surface area contributed by atoms with E-state index in [1.165, 1.54) is 19.1 Å². The first kappa shape index (κ1) is 34.3. The molecule has 0 unspecified atom stereocenters. The van der Waals surface area contributed by atoms with Crippen LogP contribution in [0.15, 0.2) is 66.2 Å². The van der Waals surface area contributed by atoms with Crippen LogP contribution >= 0.6 is 34.2 Å². The van der Waals surface area contributed by atoms with E-state index in [0.29, 0.717) is 26.5 Å². The van der Waals surface area contributed by atoms with Crippen LogP contribution in [0.5, 0.6) is 11.5 Å². The van der Waals surface area contributed by atoms with Gasteiger partial charge in [-0.3, -0.25) is 24.2 Å². The Morgan fingerprint density at radius 3 is 2.40 bits per heavy atom. The van der Waals surface area contributed by atoms with Crippen molar-refractivity contribution in [2.45, 2.75) is 31.9 Å². The molecule has 4 amide bonds. The smallest absolute Gasteiger partial charge is 0.433 e. The van der Waals surface area contributed by atoms with E-state index in [1.54, 1.807) is 49.4 Å². The van der Waals surface area contributed by atoms with Crippen LogP contribution in [-0.4, -0.2) is 52.9 Å². The monoisotopic (exact) mass is 820 g/mol. The summed E-state index contributed by atoms with van der Waals surface area (Å²) < 4.78 is 46.6. The van der Waals surface area contributed by atoms with Crippen LogP contribution in [0, 0.1) is 32.7 Å². The van der Waals surface area contributed by atoms with Crippen LogP contribution in [0.1, 0.15) is 36.9 Å². The maximum Gasteiger partial charge on any atom is 0.433 e. The van der Waals surface area contributed by atoms with E-state index in [2.05, 4.69) is 4.98 Å². The number of benzene rings is 2. The molecule has 2 saturated heterocycles. The highest BCUT2D eigenvalue weighted by Crippen LogP contribution is 2.64. The number of allylic oxidation sites excluding steroid dienone is 2. The fourth-order valence-electron chi connectivity index (χ4n) is 8.32. The Morgan fingerprint density at radius 2 is 1.74 bits per heavy atom. The van der Waals surface area contributed by atoms with Crippen molar-refractivity contribution in [1.82, 2.24) is 9.99 Å². The summed E-state index contributed by atoms with van der Waals surface area (Å²) >= 11 is 8.21. The Labute approximate surface area is 302 Å². The van der Waals surface area contributed by atoms with Crippen LogP contribution in [0.2, 0.25) is 5.02 Å². The molecule has 1 saturated carbocycles. The number of hydrogen-bond acceptors (Lipinski definition) is 8. The molecule has 3 heterocycles. The number of phenolic OH excluding ortho intramolecular Hbond substituents is 1. The number of aromatic hydroxyl groups is 1. The molecule has 50 heavy (non-hydrogen) atoms. The molecule has 260 valence electrons. The van der Waals surface area contributed by atoms with Gasteiger partial charge >= 0.3 is 6.18 Å². The fourth-order valence-corrected chi connectivity index (χ4v) is 9.18. The van der Waals surface area contributed by atoms with Gasteiger partial charge in [-0.05, 0) is 90.2 Å². The molecule has 7 rings (SSSR count). The summed E-state index contributed by atoms with van der Waals surface area (Å²) in [5, 5.41) is 12.2. The highest BCUT2D eigenvalue weighted by molar-refractivity contribution is 14.1. The molecule has 0 radical (unpaired) electrons. The Hall–Kier alpha value is -4.18. The summed E-state index contributed by atoms with van der Waals surface area (Å²) in [6.45, 7) is 1.74. The van der Waals surface area contributed by atoms with Gasteiger partial charge in [0, 0.05) is 13.0 Å². The van der Waals surface area contributed by atoms with Crippen LogP contribution < -0.4 is 14.6 Å². The molecule has 2 aromatic carbocycles. The number of rotatable bonds is 5. The van der Waals surface area contributed by atoms with Crippen molar-refractivity contribution in [3.05, 3.63) is 86.1 Å². The normalized spacial score (nSPS) is 27.6. The number of phenols is 1. The van der Waals surface area contributed by atoms with E-state index in [9.17, 15) is 37.5 Å². The topological polar surface area (TPSA) is 120 Å². The number of nitrogens with zero attached hydrogens (tertiary/aromatic N) is 4. The summed E-state index contributed by atoms with van der Waals surface area (Å²) in [6.07, 6.45) is -2.79. The average molecular weight is 821 g/mol. The molecule has 1 N–H and O–H groups in total. The SMILES string of the molecule is COc1cc([C@H]2C3=CC[C@@H]4C(=O)N(N(C)c5nc(C(F)(F)F)ccc5Cl)C(=O)[C@@H]4[C@@H]3C[C@H]3C(=O)N(c4ccccc4)C(=O)[C@@]23C)cc(I)c1O. The van der Waals surface area contributed by atoms with Gasteiger partial charge in [0.1, 0.15) is 5.69 Å². The highest BCUT2D eigenvalue weighted by Gasteiger charge is 2.68. The number of amides is 4. The molecule has 2 aliphatic carbocycles. The van der Waals surface area contributed by atoms with Crippen LogP contribution in [0.4, 0.5) is 24.7 Å². The summed E-state index contributed by atoms with van der Waals surface area (Å²) in [5.74, 6) is -6.80. The van der Waals surface area contributed by atoms with Gasteiger partial charge in [0.05, 0.1) is 44.6 Å². The standard InChI is InChI=1S/C35H29ClF3IN4O6/c1-34-21(31(47)43(33(34)49)17-7-5-4-6-8-17)15-20-18(27(34)16-13-23(40)28(45)24(14-16)50-3)9-10-19-26(20)32(48)44(30(19)46)42(2)29-22(36)11-12-25(41-29)35(37,38)39/h4-9,11-14,19-21,26-27,45H,10,15H2,1-3H3/t19-,20+,21-,26-,27-,34+/m0/s1. The van der Waals surface area contributed by atoms with E-state index in [0.717, 1.165) is 16.1 Å². The first-order valence-electron chi connectivity index (χ1n) is 15.7.